The monoisotopic (exact) mass is 1380 g/mol. The Morgan fingerprint density at radius 3 is 1.84 bits per heavy atom. The molecule has 6 aliphatic heterocycles. The second-order valence-corrected chi connectivity index (χ2v) is 24.7. The van der Waals surface area contributed by atoms with E-state index >= 15 is 9.59 Å². The van der Waals surface area contributed by atoms with Crippen molar-refractivity contribution in [3.05, 3.63) is 65.7 Å². The smallest absolute Gasteiger partial charge is 0.346 e. The van der Waals surface area contributed by atoms with Crippen LogP contribution in [0.3, 0.4) is 0 Å². The second-order valence-electron chi connectivity index (χ2n) is 24.7. The standard InChI is InChI=1S/C59H86N12O26/c1-22(2)13-35(77)96-49-42(81)32(20-74)94-57(47(49)86)97-48-33(21-75)95-56(46(85)44(48)83)92-26-11-9-24(10-12-26)14-27-51(88)69-37(39(78)28-15-63-58(60)67-28)54(91)70-38(40(79)30-16-64-59(61)71(30)55-45(84)43(82)41(80)31(19-73)93-55)53(90)66-29(18-72)50(87)62-17-34(76)68-36(52(89)65-27)23(3)25-7-5-4-6-8-25/h4-12,22-23,27-33,36-49,55-57,72-75,78-86H,13-21H2,1-3H3,(H11,60,61,62,63,64,65,66,67,68,69,70,76,87,88,89,90,91)/p+1/t23-,27+,28-,29-,30-,31+,32+,33+,36-,37-,38+,39-,40-,41+,42+,43-,44+,45-,46-,47-,48+,49-,55-,56-,57+/m0/s1. The molecule has 538 valence electrons. The lowest BCUT2D eigenvalue weighted by molar-refractivity contribution is -0.663. The first-order valence-corrected chi connectivity index (χ1v) is 31.3. The minimum atomic E-state index is -2.34. The van der Waals surface area contributed by atoms with Crippen molar-refractivity contribution >= 4 is 53.3 Å². The lowest BCUT2D eigenvalue weighted by atomic mass is 9.92. The van der Waals surface area contributed by atoms with Gasteiger partial charge in [-0.15, -0.1) is 0 Å². The molecule has 38 nitrogen and oxygen atoms in total. The van der Waals surface area contributed by atoms with Crippen LogP contribution in [0.4, 0.5) is 0 Å². The van der Waals surface area contributed by atoms with Crippen molar-refractivity contribution in [3.63, 3.8) is 0 Å². The highest BCUT2D eigenvalue weighted by molar-refractivity contribution is 5.98. The van der Waals surface area contributed by atoms with Crippen LogP contribution in [0.25, 0.3) is 0 Å². The lowest BCUT2D eigenvalue weighted by Crippen LogP contribution is -2.68. The Morgan fingerprint density at radius 2 is 1.21 bits per heavy atom. The summed E-state index contributed by atoms with van der Waals surface area (Å²) in [5.74, 6) is -9.87. The average Bonchev–Trinajstić information content (AvgIpc) is 1.76. The number of carbonyl (C=O) groups excluding carboxylic acids is 7. The molecule has 6 heterocycles. The second kappa shape index (κ2) is 33.3. The van der Waals surface area contributed by atoms with Crippen molar-refractivity contribution in [2.45, 2.75) is 186 Å². The number of aliphatic imine (C=N–C) groups is 1. The number of rotatable bonds is 20. The number of aliphatic hydroxyl groups excluding tert-OH is 13. The van der Waals surface area contributed by atoms with Gasteiger partial charge in [0.1, 0.15) is 128 Å². The highest BCUT2D eigenvalue weighted by Crippen LogP contribution is 2.33. The molecule has 2 aromatic rings. The summed E-state index contributed by atoms with van der Waals surface area (Å²) in [5.41, 5.74) is 12.9. The maximum absolute atomic E-state index is 15.2. The SMILES string of the molecule is CC(C)CC(=O)O[C@@H]1[C@H](O)[C@@H](O[C@H]2[C@H](O)[C@H](O)[C@@H](Oc3ccc(C[C@H]4NC(=O)[C@H]([C@@H](C)c5ccccc5)NC(=O)CNC(=O)[C@H](CO)NC(=O)[C@@H]([C@@H](O)[C@@H]5CNC(N)=[N+]5[C@H]5O[C@H](CO)[C@@H](O)[C@H](O)[C@@H]5O)NC(=O)[C@H]([C@@H](O)[C@@H]5CNC(N)=N5)NC4=O)cc3)O[C@@H]2CO)O[C@H](CO)[C@H]1O. The number of carbonyl (C=O) groups is 7. The van der Waals surface area contributed by atoms with Gasteiger partial charge < -0.3 is 138 Å². The molecule has 0 saturated carbocycles. The number of aliphatic hydroxyl groups is 13. The summed E-state index contributed by atoms with van der Waals surface area (Å²) in [6.07, 6.45) is -31.8. The fraction of sp³-hybridized carbons (Fsp3) is 0.644. The van der Waals surface area contributed by atoms with Crippen molar-refractivity contribution in [2.75, 3.05) is 46.1 Å². The largest absolute Gasteiger partial charge is 0.462 e. The van der Waals surface area contributed by atoms with Crippen molar-refractivity contribution in [1.82, 2.24) is 42.5 Å². The van der Waals surface area contributed by atoms with Crippen LogP contribution in [0.5, 0.6) is 5.75 Å². The van der Waals surface area contributed by atoms with Gasteiger partial charge in [0.2, 0.25) is 48.0 Å². The van der Waals surface area contributed by atoms with Crippen LogP contribution in [0.1, 0.15) is 44.2 Å². The number of nitrogens with one attached hydrogen (secondary N) is 8. The third kappa shape index (κ3) is 17.6. The summed E-state index contributed by atoms with van der Waals surface area (Å²) in [6.45, 7) is -0.380. The number of esters is 1. The van der Waals surface area contributed by atoms with Gasteiger partial charge in [-0.1, -0.05) is 63.2 Å². The first-order chi connectivity index (χ1) is 46.1. The summed E-state index contributed by atoms with van der Waals surface area (Å²) in [7, 11) is 0. The quantitative estimate of drug-likeness (QED) is 0.0432. The highest BCUT2D eigenvalue weighted by atomic mass is 16.7. The molecular weight excluding hydrogens is 1290 g/mol. The van der Waals surface area contributed by atoms with Gasteiger partial charge in [-0.3, -0.25) is 44.6 Å². The number of guanidine groups is 2. The summed E-state index contributed by atoms with van der Waals surface area (Å²) < 4.78 is 35.1. The Morgan fingerprint density at radius 1 is 0.598 bits per heavy atom. The number of hydrogen-bond donors (Lipinski definition) is 23. The van der Waals surface area contributed by atoms with Gasteiger partial charge in [0.25, 0.3) is 0 Å². The van der Waals surface area contributed by atoms with Crippen molar-refractivity contribution in [1.29, 1.82) is 0 Å². The van der Waals surface area contributed by atoms with Gasteiger partial charge >= 0.3 is 11.9 Å². The van der Waals surface area contributed by atoms with Gasteiger partial charge in [-0.25, -0.2) is 9.57 Å². The molecule has 0 aromatic heterocycles. The highest BCUT2D eigenvalue weighted by Gasteiger charge is 2.55. The molecular formula is C59H87N12O26+. The molecule has 0 unspecified atom stereocenters. The Balaban J connectivity index is 1.09. The fourth-order valence-corrected chi connectivity index (χ4v) is 11.9. The summed E-state index contributed by atoms with van der Waals surface area (Å²) in [5, 5.41) is 162. The number of nitrogens with two attached hydrogens (primary N) is 2. The van der Waals surface area contributed by atoms with Crippen LogP contribution in [-0.4, -0.2) is 317 Å². The third-order valence-electron chi connectivity index (χ3n) is 17.4. The van der Waals surface area contributed by atoms with Crippen LogP contribution < -0.4 is 58.7 Å². The van der Waals surface area contributed by atoms with Crippen LogP contribution in [0.2, 0.25) is 0 Å². The molecule has 6 amide bonds. The molecule has 0 bridgehead atoms. The number of nitrogens with zero attached hydrogens (tertiary/aromatic N) is 2. The lowest BCUT2D eigenvalue weighted by Gasteiger charge is -2.46. The zero-order valence-corrected chi connectivity index (χ0v) is 52.7. The zero-order valence-electron chi connectivity index (χ0n) is 52.7. The first kappa shape index (κ1) is 75.2. The number of hydrogen-bond acceptors (Lipinski definition) is 31. The maximum Gasteiger partial charge on any atom is 0.346 e. The zero-order chi connectivity index (χ0) is 70.9. The van der Waals surface area contributed by atoms with Gasteiger partial charge in [-0.05, 0) is 29.2 Å². The van der Waals surface area contributed by atoms with Crippen molar-refractivity contribution < 1.29 is 133 Å². The molecule has 6 aliphatic rings. The van der Waals surface area contributed by atoms with Gasteiger partial charge in [0.05, 0.1) is 39.0 Å². The molecule has 8 rings (SSSR count). The topological polar surface area (TPSA) is 602 Å². The molecule has 2 aromatic carbocycles. The average molecular weight is 1380 g/mol. The maximum atomic E-state index is 15.2. The molecule has 4 fully saturated rings. The predicted molar refractivity (Wildman–Crippen MR) is 326 cm³/mol. The Kier molecular flexibility index (Phi) is 25.8. The van der Waals surface area contributed by atoms with E-state index in [1.165, 1.54) is 24.3 Å². The van der Waals surface area contributed by atoms with E-state index in [-0.39, 0.29) is 42.1 Å². The molecule has 97 heavy (non-hydrogen) atoms. The van der Waals surface area contributed by atoms with Crippen LogP contribution in [0.15, 0.2) is 59.6 Å². The van der Waals surface area contributed by atoms with Crippen LogP contribution in [-0.2, 0) is 63.7 Å². The molecule has 25 N–H and O–H groups in total. The number of ether oxygens (including phenoxy) is 6. The van der Waals surface area contributed by atoms with E-state index in [4.69, 9.17) is 39.9 Å². The summed E-state index contributed by atoms with van der Waals surface area (Å²) in [6, 6.07) is 0.764. The van der Waals surface area contributed by atoms with Crippen LogP contribution >= 0.6 is 0 Å². The predicted octanol–water partition coefficient (Wildman–Crippen LogP) is -12.7. The Hall–Kier alpha value is -7.61. The number of amides is 6. The normalized spacial score (nSPS) is 35.9. The molecule has 0 spiro atoms. The third-order valence-corrected chi connectivity index (χ3v) is 17.4. The molecule has 0 radical (unpaired) electrons. The Bertz CT molecular complexity index is 3120. The molecule has 4 saturated heterocycles. The van der Waals surface area contributed by atoms with Crippen molar-refractivity contribution in [2.24, 2.45) is 22.4 Å². The van der Waals surface area contributed by atoms with Crippen molar-refractivity contribution in [3.8, 4) is 5.75 Å². The minimum absolute atomic E-state index is 0.0844. The fourth-order valence-electron chi connectivity index (χ4n) is 11.9. The summed E-state index contributed by atoms with van der Waals surface area (Å²) in [4.78, 5) is 104. The molecule has 25 atom stereocenters. The van der Waals surface area contributed by atoms with Gasteiger partial charge in [0.15, 0.2) is 18.4 Å². The van der Waals surface area contributed by atoms with E-state index in [0.717, 1.165) is 4.58 Å². The summed E-state index contributed by atoms with van der Waals surface area (Å²) >= 11 is 0. The van der Waals surface area contributed by atoms with Gasteiger partial charge in [-0.2, -0.15) is 0 Å². The van der Waals surface area contributed by atoms with E-state index < -0.39 is 240 Å². The minimum Gasteiger partial charge on any atom is -0.462 e. The first-order valence-electron chi connectivity index (χ1n) is 31.3. The Labute approximate surface area is 553 Å². The molecule has 38 heteroatoms. The van der Waals surface area contributed by atoms with E-state index in [0.29, 0.717) is 5.56 Å². The number of benzene rings is 2. The van der Waals surface area contributed by atoms with Gasteiger partial charge in [0, 0.05) is 25.3 Å². The van der Waals surface area contributed by atoms with Crippen LogP contribution in [0, 0.1) is 5.92 Å². The van der Waals surface area contributed by atoms with E-state index in [2.05, 4.69) is 47.5 Å². The van der Waals surface area contributed by atoms with E-state index in [1.54, 1.807) is 51.1 Å². The van der Waals surface area contributed by atoms with E-state index in [9.17, 15) is 90.4 Å². The molecule has 0 aliphatic carbocycles. The van der Waals surface area contributed by atoms with E-state index in [1.807, 2.05) is 0 Å².